The van der Waals surface area contributed by atoms with Gasteiger partial charge in [0.05, 0.1) is 6.04 Å². The molecule has 0 aliphatic heterocycles. The predicted molar refractivity (Wildman–Crippen MR) is 97.9 cm³/mol. The second kappa shape index (κ2) is 6.83. The van der Waals surface area contributed by atoms with Gasteiger partial charge in [-0.15, -0.1) is 0 Å². The summed E-state index contributed by atoms with van der Waals surface area (Å²) in [4.78, 5) is 14.6. The molecule has 0 bridgehead atoms. The lowest BCUT2D eigenvalue weighted by atomic mass is 9.98. The number of imidazole rings is 1. The summed E-state index contributed by atoms with van der Waals surface area (Å²) < 4.78 is 14.9. The van der Waals surface area contributed by atoms with Gasteiger partial charge in [0.1, 0.15) is 12.0 Å². The molecule has 7 nitrogen and oxygen atoms in total. The summed E-state index contributed by atoms with van der Waals surface area (Å²) in [7, 11) is 0. The van der Waals surface area contributed by atoms with Crippen LogP contribution in [0.15, 0.2) is 72.9 Å². The molecule has 0 saturated carbocycles. The van der Waals surface area contributed by atoms with E-state index < -0.39 is 4.92 Å². The number of nitro groups is 1. The number of anilines is 1. The van der Waals surface area contributed by atoms with Gasteiger partial charge in [-0.05, 0) is 34.2 Å². The van der Waals surface area contributed by atoms with E-state index in [0.29, 0.717) is 17.0 Å². The summed E-state index contributed by atoms with van der Waals surface area (Å²) in [5, 5.41) is 18.6. The monoisotopic (exact) mass is 363 g/mol. The Hall–Kier alpha value is -3.81. The fraction of sp³-hybridized carbons (Fsp3) is 0.0526. The standard InChI is InChI=1S/C19H14FN5O2/c20-15-8-4-7-14(11-15)19(13-5-2-1-3-6-13)22-16-9-10-17-21-12-18(25(26)27)24(17)23-16/h1-12,19H,(H,22,23). The van der Waals surface area contributed by atoms with Crippen LogP contribution in [-0.2, 0) is 0 Å². The van der Waals surface area contributed by atoms with E-state index in [-0.39, 0.29) is 17.7 Å². The van der Waals surface area contributed by atoms with Crippen LogP contribution in [0, 0.1) is 15.9 Å². The molecule has 1 atom stereocenters. The zero-order chi connectivity index (χ0) is 18.8. The summed E-state index contributed by atoms with van der Waals surface area (Å²) in [6.45, 7) is 0. The number of hydrogen-bond acceptors (Lipinski definition) is 5. The third kappa shape index (κ3) is 3.32. The van der Waals surface area contributed by atoms with E-state index in [1.807, 2.05) is 36.4 Å². The molecular formula is C19H14FN5O2. The molecule has 2 aromatic carbocycles. The van der Waals surface area contributed by atoms with Crippen molar-refractivity contribution >= 4 is 17.3 Å². The van der Waals surface area contributed by atoms with Crippen molar-refractivity contribution in [3.8, 4) is 0 Å². The van der Waals surface area contributed by atoms with E-state index >= 15 is 0 Å². The van der Waals surface area contributed by atoms with Gasteiger partial charge in [-0.1, -0.05) is 52.1 Å². The van der Waals surface area contributed by atoms with Crippen LogP contribution in [0.4, 0.5) is 16.0 Å². The highest BCUT2D eigenvalue weighted by Crippen LogP contribution is 2.27. The van der Waals surface area contributed by atoms with Gasteiger partial charge in [0.15, 0.2) is 5.82 Å². The zero-order valence-electron chi connectivity index (χ0n) is 14.0. The smallest absolute Gasteiger partial charge is 0.358 e. The predicted octanol–water partition coefficient (Wildman–Crippen LogP) is 3.98. The van der Waals surface area contributed by atoms with Crippen LogP contribution in [0.5, 0.6) is 0 Å². The molecule has 4 aromatic rings. The van der Waals surface area contributed by atoms with Crippen molar-refractivity contribution in [3.63, 3.8) is 0 Å². The fourth-order valence-electron chi connectivity index (χ4n) is 2.90. The third-order valence-corrected chi connectivity index (χ3v) is 4.14. The van der Waals surface area contributed by atoms with Crippen molar-refractivity contribution < 1.29 is 9.31 Å². The Morgan fingerprint density at radius 3 is 2.56 bits per heavy atom. The summed E-state index contributed by atoms with van der Waals surface area (Å²) in [6.07, 6.45) is 1.16. The molecule has 0 radical (unpaired) electrons. The molecule has 0 spiro atoms. The van der Waals surface area contributed by atoms with E-state index in [1.165, 1.54) is 12.1 Å². The maximum atomic E-state index is 13.8. The van der Waals surface area contributed by atoms with E-state index in [4.69, 9.17) is 0 Å². The van der Waals surface area contributed by atoms with Gasteiger partial charge >= 0.3 is 5.82 Å². The molecule has 0 aliphatic carbocycles. The molecule has 2 aromatic heterocycles. The number of hydrogen-bond donors (Lipinski definition) is 1. The number of aromatic nitrogens is 3. The first-order valence-corrected chi connectivity index (χ1v) is 8.18. The van der Waals surface area contributed by atoms with Crippen molar-refractivity contribution in [1.29, 1.82) is 0 Å². The van der Waals surface area contributed by atoms with Crippen LogP contribution in [0.25, 0.3) is 5.65 Å². The molecule has 2 heterocycles. The van der Waals surface area contributed by atoms with E-state index in [2.05, 4.69) is 15.4 Å². The Balaban J connectivity index is 1.77. The maximum Gasteiger partial charge on any atom is 0.368 e. The minimum absolute atomic E-state index is 0.226. The second-order valence-corrected chi connectivity index (χ2v) is 5.91. The second-order valence-electron chi connectivity index (χ2n) is 5.91. The van der Waals surface area contributed by atoms with Gasteiger partial charge in [-0.3, -0.25) is 0 Å². The first-order valence-electron chi connectivity index (χ1n) is 8.18. The van der Waals surface area contributed by atoms with Crippen molar-refractivity contribution in [2.75, 3.05) is 5.32 Å². The molecule has 0 amide bonds. The van der Waals surface area contributed by atoms with Crippen LogP contribution in [0.3, 0.4) is 0 Å². The van der Waals surface area contributed by atoms with Crippen molar-refractivity contribution in [2.45, 2.75) is 6.04 Å². The Morgan fingerprint density at radius 1 is 1.04 bits per heavy atom. The average Bonchev–Trinajstić information content (AvgIpc) is 3.10. The Kier molecular flexibility index (Phi) is 4.21. The molecule has 27 heavy (non-hydrogen) atoms. The molecular weight excluding hydrogens is 349 g/mol. The van der Waals surface area contributed by atoms with Crippen molar-refractivity contribution in [3.05, 3.63) is 100.0 Å². The quantitative estimate of drug-likeness (QED) is 0.428. The van der Waals surface area contributed by atoms with Gasteiger partial charge in [0.25, 0.3) is 0 Å². The molecule has 4 rings (SSSR count). The topological polar surface area (TPSA) is 85.4 Å². The first kappa shape index (κ1) is 16.6. The highest BCUT2D eigenvalue weighted by molar-refractivity contribution is 5.50. The maximum absolute atomic E-state index is 13.8. The van der Waals surface area contributed by atoms with Gasteiger partial charge in [0.2, 0.25) is 5.65 Å². The van der Waals surface area contributed by atoms with Gasteiger partial charge in [-0.25, -0.2) is 9.37 Å². The SMILES string of the molecule is O=[N+]([O-])c1cnc2ccc(NC(c3ccccc3)c3cccc(F)c3)nn12. The van der Waals surface area contributed by atoms with E-state index in [1.54, 1.807) is 18.2 Å². The molecule has 134 valence electrons. The van der Waals surface area contributed by atoms with E-state index in [0.717, 1.165) is 16.3 Å². The Labute approximate surface area is 153 Å². The average molecular weight is 363 g/mol. The number of benzene rings is 2. The van der Waals surface area contributed by atoms with Gasteiger partial charge in [0, 0.05) is 6.07 Å². The number of fused-ring (bicyclic) bond motifs is 1. The minimum atomic E-state index is -0.544. The molecule has 1 N–H and O–H groups in total. The fourth-order valence-corrected chi connectivity index (χ4v) is 2.90. The Bertz CT molecular complexity index is 1110. The molecule has 0 fully saturated rings. The Morgan fingerprint density at radius 2 is 1.81 bits per heavy atom. The summed E-state index contributed by atoms with van der Waals surface area (Å²) in [5.41, 5.74) is 1.99. The molecule has 0 saturated heterocycles. The molecule has 0 aliphatic rings. The van der Waals surface area contributed by atoms with E-state index in [9.17, 15) is 14.5 Å². The minimum Gasteiger partial charge on any atom is -0.358 e. The van der Waals surface area contributed by atoms with Crippen LogP contribution in [0.1, 0.15) is 17.2 Å². The number of nitrogens with one attached hydrogen (secondary N) is 1. The van der Waals surface area contributed by atoms with Gasteiger partial charge in [-0.2, -0.15) is 0 Å². The zero-order valence-corrected chi connectivity index (χ0v) is 14.0. The lowest BCUT2D eigenvalue weighted by molar-refractivity contribution is -0.391. The van der Waals surface area contributed by atoms with Crippen LogP contribution in [-0.4, -0.2) is 19.5 Å². The van der Waals surface area contributed by atoms with Crippen molar-refractivity contribution in [2.24, 2.45) is 0 Å². The summed E-state index contributed by atoms with van der Waals surface area (Å²) in [5.74, 6) is -0.165. The highest BCUT2D eigenvalue weighted by Gasteiger charge is 2.19. The summed E-state index contributed by atoms with van der Waals surface area (Å²) in [6, 6.07) is 18.7. The lowest BCUT2D eigenvalue weighted by Crippen LogP contribution is -2.14. The normalized spacial score (nSPS) is 12.0. The van der Waals surface area contributed by atoms with Crippen LogP contribution < -0.4 is 5.32 Å². The number of nitrogens with zero attached hydrogens (tertiary/aromatic N) is 4. The highest BCUT2D eigenvalue weighted by atomic mass is 19.1. The molecule has 1 unspecified atom stereocenters. The van der Waals surface area contributed by atoms with Crippen LogP contribution >= 0.6 is 0 Å². The van der Waals surface area contributed by atoms with Gasteiger partial charge < -0.3 is 15.4 Å². The third-order valence-electron chi connectivity index (χ3n) is 4.14. The van der Waals surface area contributed by atoms with Crippen molar-refractivity contribution in [1.82, 2.24) is 14.6 Å². The van der Waals surface area contributed by atoms with Crippen LogP contribution in [0.2, 0.25) is 0 Å². The number of rotatable bonds is 5. The summed E-state index contributed by atoms with van der Waals surface area (Å²) >= 11 is 0. The largest absolute Gasteiger partial charge is 0.368 e. The lowest BCUT2D eigenvalue weighted by Gasteiger charge is -2.20. The number of halogens is 1. The molecule has 8 heteroatoms. The first-order chi connectivity index (χ1) is 13.1.